The molecule has 0 aliphatic carbocycles. The van der Waals surface area contributed by atoms with E-state index in [1.807, 2.05) is 0 Å². The van der Waals surface area contributed by atoms with Crippen LogP contribution in [0.2, 0.25) is 0 Å². The van der Waals surface area contributed by atoms with Gasteiger partial charge in [0.05, 0.1) is 25.8 Å². The van der Waals surface area contributed by atoms with Gasteiger partial charge >= 0.3 is 6.36 Å². The fraction of sp³-hybridized carbons (Fsp3) is 0.381. The number of benzene rings is 2. The molecule has 10 heteroatoms. The molecule has 0 bridgehead atoms. The Balaban J connectivity index is 1.58. The second-order valence-electron chi connectivity index (χ2n) is 6.99. The predicted octanol–water partition coefficient (Wildman–Crippen LogP) is 3.20. The normalized spacial score (nSPS) is 16.7. The van der Waals surface area contributed by atoms with E-state index in [1.165, 1.54) is 36.4 Å². The van der Waals surface area contributed by atoms with Gasteiger partial charge in [-0.3, -0.25) is 4.90 Å². The van der Waals surface area contributed by atoms with Gasteiger partial charge in [0.2, 0.25) is 0 Å². The van der Waals surface area contributed by atoms with Crippen LogP contribution in [0.3, 0.4) is 0 Å². The van der Waals surface area contributed by atoms with Crippen LogP contribution in [0.5, 0.6) is 5.75 Å². The summed E-state index contributed by atoms with van der Waals surface area (Å²) in [7, 11) is 0. The van der Waals surface area contributed by atoms with Crippen molar-refractivity contribution in [1.29, 1.82) is 0 Å². The van der Waals surface area contributed by atoms with Crippen molar-refractivity contribution >= 4 is 5.96 Å². The summed E-state index contributed by atoms with van der Waals surface area (Å²) in [5.41, 5.74) is 7.61. The molecular weight excluding hydrogens is 416 g/mol. The molecule has 3 N–H and O–H groups in total. The van der Waals surface area contributed by atoms with Gasteiger partial charge in [0.15, 0.2) is 5.96 Å². The molecule has 0 spiro atoms. The number of ether oxygens (including phenoxy) is 2. The molecule has 0 radical (unpaired) electrons. The SMILES string of the molecule is NC(=NCc1ccc(OC(F)(F)F)cc1)NCC(c1ccc(F)cc1)N1CCOCC1. The molecule has 31 heavy (non-hydrogen) atoms. The summed E-state index contributed by atoms with van der Waals surface area (Å²) in [5.74, 6) is -0.389. The van der Waals surface area contributed by atoms with Gasteiger partial charge in [-0.1, -0.05) is 24.3 Å². The molecule has 1 unspecified atom stereocenters. The van der Waals surface area contributed by atoms with Crippen LogP contribution in [0.15, 0.2) is 53.5 Å². The highest BCUT2D eigenvalue weighted by molar-refractivity contribution is 5.77. The maximum Gasteiger partial charge on any atom is 0.573 e. The van der Waals surface area contributed by atoms with Gasteiger partial charge in [0.25, 0.3) is 0 Å². The van der Waals surface area contributed by atoms with Gasteiger partial charge < -0.3 is 20.5 Å². The van der Waals surface area contributed by atoms with Crippen LogP contribution in [0.1, 0.15) is 17.2 Å². The number of aliphatic imine (C=N–C) groups is 1. The number of guanidine groups is 1. The van der Waals surface area contributed by atoms with E-state index in [-0.39, 0.29) is 30.1 Å². The first-order valence-electron chi connectivity index (χ1n) is 9.76. The number of alkyl halides is 3. The van der Waals surface area contributed by atoms with Crippen molar-refractivity contribution in [2.24, 2.45) is 10.7 Å². The zero-order valence-corrected chi connectivity index (χ0v) is 16.7. The molecule has 1 saturated heterocycles. The summed E-state index contributed by atoms with van der Waals surface area (Å²) in [6, 6.07) is 11.7. The molecule has 0 aromatic heterocycles. The Kier molecular flexibility index (Phi) is 7.69. The first-order valence-corrected chi connectivity index (χ1v) is 9.76. The summed E-state index contributed by atoms with van der Waals surface area (Å²) >= 11 is 0. The van der Waals surface area contributed by atoms with Gasteiger partial charge in [-0.05, 0) is 35.4 Å². The van der Waals surface area contributed by atoms with E-state index in [1.54, 1.807) is 12.1 Å². The smallest absolute Gasteiger partial charge is 0.406 e. The number of rotatable bonds is 7. The van der Waals surface area contributed by atoms with Crippen molar-refractivity contribution < 1.29 is 27.0 Å². The Morgan fingerprint density at radius 1 is 1.10 bits per heavy atom. The van der Waals surface area contributed by atoms with Crippen LogP contribution < -0.4 is 15.8 Å². The minimum absolute atomic E-state index is 0.0444. The van der Waals surface area contributed by atoms with Crippen molar-refractivity contribution in [3.63, 3.8) is 0 Å². The van der Waals surface area contributed by atoms with Crippen molar-refractivity contribution in [1.82, 2.24) is 10.2 Å². The molecule has 1 aliphatic rings. The highest BCUT2D eigenvalue weighted by Gasteiger charge is 2.31. The lowest BCUT2D eigenvalue weighted by molar-refractivity contribution is -0.274. The highest BCUT2D eigenvalue weighted by atomic mass is 19.4. The highest BCUT2D eigenvalue weighted by Crippen LogP contribution is 2.23. The van der Waals surface area contributed by atoms with E-state index in [4.69, 9.17) is 10.5 Å². The quantitative estimate of drug-likeness (QED) is 0.393. The van der Waals surface area contributed by atoms with E-state index in [0.717, 1.165) is 18.7 Å². The van der Waals surface area contributed by atoms with Gasteiger partial charge in [0, 0.05) is 19.6 Å². The summed E-state index contributed by atoms with van der Waals surface area (Å²) < 4.78 is 59.3. The molecule has 3 rings (SSSR count). The van der Waals surface area contributed by atoms with Crippen molar-refractivity contribution in [3.8, 4) is 5.75 Å². The molecule has 168 valence electrons. The third-order valence-electron chi connectivity index (χ3n) is 4.81. The third-order valence-corrected chi connectivity index (χ3v) is 4.81. The number of nitrogens with zero attached hydrogens (tertiary/aromatic N) is 2. The monoisotopic (exact) mass is 440 g/mol. The topological polar surface area (TPSA) is 72.1 Å². The maximum atomic E-state index is 13.3. The number of halogens is 4. The van der Waals surface area contributed by atoms with Crippen molar-refractivity contribution in [2.75, 3.05) is 32.8 Å². The Morgan fingerprint density at radius 3 is 2.35 bits per heavy atom. The lowest BCUT2D eigenvalue weighted by Gasteiger charge is -2.35. The Morgan fingerprint density at radius 2 is 1.74 bits per heavy atom. The average Bonchev–Trinajstić information content (AvgIpc) is 2.74. The largest absolute Gasteiger partial charge is 0.573 e. The molecule has 1 atom stereocenters. The van der Waals surface area contributed by atoms with Crippen LogP contribution in [0, 0.1) is 5.82 Å². The summed E-state index contributed by atoms with van der Waals surface area (Å²) in [4.78, 5) is 6.47. The number of nitrogens with two attached hydrogens (primary N) is 1. The fourth-order valence-corrected chi connectivity index (χ4v) is 3.26. The van der Waals surface area contributed by atoms with Gasteiger partial charge in [-0.15, -0.1) is 13.2 Å². The van der Waals surface area contributed by atoms with E-state index in [0.29, 0.717) is 25.3 Å². The predicted molar refractivity (Wildman–Crippen MR) is 108 cm³/mol. The van der Waals surface area contributed by atoms with Crippen LogP contribution in [-0.2, 0) is 11.3 Å². The Hall–Kier alpha value is -2.85. The molecule has 1 heterocycles. The lowest BCUT2D eigenvalue weighted by Crippen LogP contribution is -2.45. The molecule has 2 aromatic rings. The van der Waals surface area contributed by atoms with Gasteiger partial charge in [-0.2, -0.15) is 0 Å². The summed E-state index contributed by atoms with van der Waals surface area (Å²) in [6.07, 6.45) is -4.73. The Bertz CT molecular complexity index is 851. The standard InChI is InChI=1S/C21H24F4N4O2/c22-17-5-3-16(4-6-17)19(29-9-11-30-12-10-29)14-28-20(26)27-13-15-1-7-18(8-2-15)31-21(23,24)25/h1-8,19H,9-14H2,(H3,26,27,28). The minimum Gasteiger partial charge on any atom is -0.406 e. The maximum absolute atomic E-state index is 13.3. The molecular formula is C21H24F4N4O2. The lowest BCUT2D eigenvalue weighted by atomic mass is 10.0. The number of hydrogen-bond donors (Lipinski definition) is 2. The van der Waals surface area contributed by atoms with Crippen LogP contribution >= 0.6 is 0 Å². The van der Waals surface area contributed by atoms with Crippen molar-refractivity contribution in [3.05, 3.63) is 65.5 Å². The Labute approximate surface area is 177 Å². The fourth-order valence-electron chi connectivity index (χ4n) is 3.26. The molecule has 1 aliphatic heterocycles. The summed E-state index contributed by atoms with van der Waals surface area (Å²) in [5, 5.41) is 3.08. The second-order valence-corrected chi connectivity index (χ2v) is 6.99. The number of hydrogen-bond acceptors (Lipinski definition) is 4. The molecule has 1 fully saturated rings. The molecule has 0 saturated carbocycles. The number of morpholine rings is 1. The number of nitrogens with one attached hydrogen (secondary N) is 1. The van der Waals surface area contributed by atoms with E-state index < -0.39 is 6.36 Å². The van der Waals surface area contributed by atoms with E-state index in [2.05, 4.69) is 19.9 Å². The van der Waals surface area contributed by atoms with Crippen molar-refractivity contribution in [2.45, 2.75) is 18.9 Å². The zero-order chi connectivity index (χ0) is 22.3. The second kappa shape index (κ2) is 10.5. The molecule has 6 nitrogen and oxygen atoms in total. The first kappa shape index (κ1) is 22.8. The summed E-state index contributed by atoms with van der Waals surface area (Å²) in [6.45, 7) is 3.38. The van der Waals surface area contributed by atoms with Crippen LogP contribution in [0.25, 0.3) is 0 Å². The van der Waals surface area contributed by atoms with Gasteiger partial charge in [-0.25, -0.2) is 9.38 Å². The molecule has 0 amide bonds. The minimum atomic E-state index is -4.73. The average molecular weight is 440 g/mol. The van der Waals surface area contributed by atoms with Gasteiger partial charge in [0.1, 0.15) is 11.6 Å². The van der Waals surface area contributed by atoms with Crippen LogP contribution in [0.4, 0.5) is 17.6 Å². The van der Waals surface area contributed by atoms with E-state index >= 15 is 0 Å². The zero-order valence-electron chi connectivity index (χ0n) is 16.7. The molecule has 2 aromatic carbocycles. The van der Waals surface area contributed by atoms with Crippen LogP contribution in [-0.4, -0.2) is 50.1 Å². The third kappa shape index (κ3) is 7.41. The first-order chi connectivity index (χ1) is 14.8. The van der Waals surface area contributed by atoms with E-state index in [9.17, 15) is 17.6 Å².